The molecule has 2 rings (SSSR count). The minimum absolute atomic E-state index is 0.417. The molecule has 0 amide bonds. The Balaban J connectivity index is 2.23. The van der Waals surface area contributed by atoms with E-state index in [-0.39, 0.29) is 0 Å². The second-order valence-electron chi connectivity index (χ2n) is 5.30. The average molecular weight is 313 g/mol. The van der Waals surface area contributed by atoms with E-state index < -0.39 is 12.0 Å². The Morgan fingerprint density at radius 1 is 1.04 bits per heavy atom. The molecular formula is C19H23NO3. The molecule has 2 aromatic carbocycles. The van der Waals surface area contributed by atoms with E-state index in [0.717, 1.165) is 11.3 Å². The summed E-state index contributed by atoms with van der Waals surface area (Å²) in [5, 5.41) is 9.57. The van der Waals surface area contributed by atoms with E-state index in [2.05, 4.69) is 0 Å². The third-order valence-corrected chi connectivity index (χ3v) is 3.90. The van der Waals surface area contributed by atoms with E-state index in [0.29, 0.717) is 25.3 Å². The number of aliphatic carboxylic acids is 1. The lowest BCUT2D eigenvalue weighted by Crippen LogP contribution is -2.42. The Hall–Kier alpha value is -2.33. The SMILES string of the molecule is CCN(CC)C(Cc1ccccc1Oc1ccccc1)C(=O)O. The molecule has 23 heavy (non-hydrogen) atoms. The minimum Gasteiger partial charge on any atom is -0.480 e. The first-order valence-electron chi connectivity index (χ1n) is 7.93. The van der Waals surface area contributed by atoms with Crippen LogP contribution in [0.1, 0.15) is 19.4 Å². The van der Waals surface area contributed by atoms with E-state index in [9.17, 15) is 9.90 Å². The highest BCUT2D eigenvalue weighted by atomic mass is 16.5. The van der Waals surface area contributed by atoms with Gasteiger partial charge in [-0.15, -0.1) is 0 Å². The average Bonchev–Trinajstić information content (AvgIpc) is 2.57. The van der Waals surface area contributed by atoms with Crippen LogP contribution in [0.4, 0.5) is 0 Å². The molecule has 0 heterocycles. The summed E-state index contributed by atoms with van der Waals surface area (Å²) < 4.78 is 5.93. The van der Waals surface area contributed by atoms with Gasteiger partial charge in [-0.2, -0.15) is 0 Å². The summed E-state index contributed by atoms with van der Waals surface area (Å²) in [5.41, 5.74) is 0.899. The first kappa shape index (κ1) is 17.0. The molecular weight excluding hydrogens is 290 g/mol. The van der Waals surface area contributed by atoms with Gasteiger partial charge in [0.2, 0.25) is 0 Å². The van der Waals surface area contributed by atoms with Gasteiger partial charge >= 0.3 is 5.97 Å². The lowest BCUT2D eigenvalue weighted by atomic mass is 10.0. The number of hydrogen-bond acceptors (Lipinski definition) is 3. The van der Waals surface area contributed by atoms with E-state index in [1.54, 1.807) is 0 Å². The van der Waals surface area contributed by atoms with Crippen LogP contribution in [0.2, 0.25) is 0 Å². The van der Waals surface area contributed by atoms with Crippen molar-refractivity contribution < 1.29 is 14.6 Å². The molecule has 2 aromatic rings. The molecule has 0 spiro atoms. The van der Waals surface area contributed by atoms with Crippen molar-refractivity contribution in [2.24, 2.45) is 0 Å². The zero-order valence-corrected chi connectivity index (χ0v) is 13.6. The molecule has 1 atom stereocenters. The fourth-order valence-electron chi connectivity index (χ4n) is 2.63. The summed E-state index contributed by atoms with van der Waals surface area (Å²) >= 11 is 0. The predicted octanol–water partition coefficient (Wildman–Crippen LogP) is 3.82. The number of hydrogen-bond donors (Lipinski definition) is 1. The number of carboxylic acids is 1. The summed E-state index contributed by atoms with van der Waals surface area (Å²) in [6.45, 7) is 5.36. The van der Waals surface area contributed by atoms with E-state index in [1.807, 2.05) is 73.3 Å². The van der Waals surface area contributed by atoms with Crippen LogP contribution in [-0.2, 0) is 11.2 Å². The third kappa shape index (κ3) is 4.57. The van der Waals surface area contributed by atoms with Crippen molar-refractivity contribution >= 4 is 5.97 Å². The van der Waals surface area contributed by atoms with Crippen LogP contribution in [0.5, 0.6) is 11.5 Å². The normalized spacial score (nSPS) is 12.1. The largest absolute Gasteiger partial charge is 0.480 e. The van der Waals surface area contributed by atoms with E-state index in [4.69, 9.17) is 4.74 Å². The quantitative estimate of drug-likeness (QED) is 0.805. The van der Waals surface area contributed by atoms with Gasteiger partial charge < -0.3 is 9.84 Å². The number of benzene rings is 2. The number of nitrogens with zero attached hydrogens (tertiary/aromatic N) is 1. The smallest absolute Gasteiger partial charge is 0.321 e. The lowest BCUT2D eigenvalue weighted by molar-refractivity contribution is -0.143. The maximum Gasteiger partial charge on any atom is 0.321 e. The van der Waals surface area contributed by atoms with Gasteiger partial charge in [-0.05, 0) is 36.9 Å². The molecule has 0 aliphatic carbocycles. The summed E-state index contributed by atoms with van der Waals surface area (Å²) in [6, 6.07) is 16.6. The van der Waals surface area contributed by atoms with Crippen molar-refractivity contribution in [1.29, 1.82) is 0 Å². The Morgan fingerprint density at radius 2 is 1.65 bits per heavy atom. The molecule has 0 fully saturated rings. The Bertz CT molecular complexity index is 624. The maximum absolute atomic E-state index is 11.7. The molecule has 4 nitrogen and oxygen atoms in total. The summed E-state index contributed by atoms with van der Waals surface area (Å²) in [4.78, 5) is 13.6. The Kier molecular flexibility index (Phi) is 6.18. The standard InChI is InChI=1S/C19H23NO3/c1-3-20(4-2)17(19(21)22)14-15-10-8-9-13-18(15)23-16-11-6-5-7-12-16/h5-13,17H,3-4,14H2,1-2H3,(H,21,22). The number of ether oxygens (including phenoxy) is 1. The number of likely N-dealkylation sites (N-methyl/N-ethyl adjacent to an activating group) is 1. The number of carbonyl (C=O) groups is 1. The highest BCUT2D eigenvalue weighted by Gasteiger charge is 2.24. The summed E-state index contributed by atoms with van der Waals surface area (Å²) in [7, 11) is 0. The highest BCUT2D eigenvalue weighted by molar-refractivity contribution is 5.74. The summed E-state index contributed by atoms with van der Waals surface area (Å²) in [5.74, 6) is 0.648. The monoisotopic (exact) mass is 313 g/mol. The molecule has 122 valence electrons. The van der Waals surface area contributed by atoms with Gasteiger partial charge in [-0.25, -0.2) is 0 Å². The van der Waals surface area contributed by atoms with Crippen LogP contribution in [0, 0.1) is 0 Å². The molecule has 1 N–H and O–H groups in total. The van der Waals surface area contributed by atoms with Crippen molar-refractivity contribution in [3.05, 3.63) is 60.2 Å². The topological polar surface area (TPSA) is 49.8 Å². The van der Waals surface area contributed by atoms with Gasteiger partial charge in [-0.3, -0.25) is 9.69 Å². The molecule has 1 unspecified atom stereocenters. The molecule has 4 heteroatoms. The van der Waals surface area contributed by atoms with Gasteiger partial charge in [0, 0.05) is 6.42 Å². The van der Waals surface area contributed by atoms with Crippen LogP contribution < -0.4 is 4.74 Å². The molecule has 0 aliphatic heterocycles. The molecule has 0 saturated carbocycles. The van der Waals surface area contributed by atoms with Crippen molar-refractivity contribution in [2.45, 2.75) is 26.3 Å². The highest BCUT2D eigenvalue weighted by Crippen LogP contribution is 2.26. The van der Waals surface area contributed by atoms with Crippen LogP contribution in [0.25, 0.3) is 0 Å². The molecule has 0 bridgehead atoms. The van der Waals surface area contributed by atoms with Crippen LogP contribution >= 0.6 is 0 Å². The Labute approximate surface area is 137 Å². The fourth-order valence-corrected chi connectivity index (χ4v) is 2.63. The van der Waals surface area contributed by atoms with Crippen LogP contribution in [0.15, 0.2) is 54.6 Å². The van der Waals surface area contributed by atoms with Gasteiger partial charge in [0.15, 0.2) is 0 Å². The number of para-hydroxylation sites is 2. The van der Waals surface area contributed by atoms with Gasteiger partial charge in [0.05, 0.1) is 0 Å². The molecule has 0 radical (unpaired) electrons. The molecule has 0 saturated heterocycles. The third-order valence-electron chi connectivity index (χ3n) is 3.90. The first-order chi connectivity index (χ1) is 11.2. The maximum atomic E-state index is 11.7. The van der Waals surface area contributed by atoms with Crippen molar-refractivity contribution in [1.82, 2.24) is 4.90 Å². The van der Waals surface area contributed by atoms with Crippen LogP contribution in [0.3, 0.4) is 0 Å². The van der Waals surface area contributed by atoms with Crippen LogP contribution in [-0.4, -0.2) is 35.1 Å². The Morgan fingerprint density at radius 3 is 2.26 bits per heavy atom. The van der Waals surface area contributed by atoms with E-state index in [1.165, 1.54) is 0 Å². The zero-order chi connectivity index (χ0) is 16.7. The van der Waals surface area contributed by atoms with E-state index >= 15 is 0 Å². The van der Waals surface area contributed by atoms with Gasteiger partial charge in [0.1, 0.15) is 17.5 Å². The second-order valence-corrected chi connectivity index (χ2v) is 5.30. The fraction of sp³-hybridized carbons (Fsp3) is 0.316. The first-order valence-corrected chi connectivity index (χ1v) is 7.93. The predicted molar refractivity (Wildman–Crippen MR) is 91.0 cm³/mol. The van der Waals surface area contributed by atoms with Crippen molar-refractivity contribution in [3.8, 4) is 11.5 Å². The van der Waals surface area contributed by atoms with Gasteiger partial charge in [0.25, 0.3) is 0 Å². The number of rotatable bonds is 8. The van der Waals surface area contributed by atoms with Crippen molar-refractivity contribution in [3.63, 3.8) is 0 Å². The molecule has 0 aliphatic rings. The second kappa shape index (κ2) is 8.34. The van der Waals surface area contributed by atoms with Gasteiger partial charge in [-0.1, -0.05) is 50.2 Å². The lowest BCUT2D eigenvalue weighted by Gasteiger charge is -2.26. The number of carboxylic acid groups (broad SMARTS) is 1. The van der Waals surface area contributed by atoms with Crippen molar-refractivity contribution in [2.75, 3.05) is 13.1 Å². The zero-order valence-electron chi connectivity index (χ0n) is 13.6. The minimum atomic E-state index is -0.803. The summed E-state index contributed by atoms with van der Waals surface area (Å²) in [6.07, 6.45) is 0.417. The molecule has 0 aromatic heterocycles.